The molecule has 19 aromatic rings. The number of halogens is 4. The van der Waals surface area contributed by atoms with E-state index in [1.165, 1.54) is 53.1 Å². The van der Waals surface area contributed by atoms with Crippen LogP contribution in [0.3, 0.4) is 0 Å². The molecule has 22 rings (SSSR count). The summed E-state index contributed by atoms with van der Waals surface area (Å²) in [6.07, 6.45) is 9.25. The van der Waals surface area contributed by atoms with Crippen LogP contribution in [0.25, 0.3) is 148 Å². The average Bonchev–Trinajstić information content (AvgIpc) is 1.53. The van der Waals surface area contributed by atoms with E-state index in [9.17, 15) is 23.7 Å². The molecule has 0 bridgehead atoms. The Labute approximate surface area is 870 Å². The molecule has 5 aromatic carbocycles. The summed E-state index contributed by atoms with van der Waals surface area (Å²) in [7, 11) is 0. The first kappa shape index (κ1) is 106. The SMILES string of the molecule is CC(C)(C)OC(=O)N1CCCCC1.CC(C)(C)OC(=O)N1CCN(c2ncnc3c2sc2nc(-c4ccccc4)ccc23)CC1.CCOC(OCC)OCC.Clc1ncnc2c1sc1nc(-c3ccccc3)ccc12.NC(=O)c1sc2nc(-c3ccccc3)ccc2c1N.O=P(Cl)(Cl)Cl.O=c1[nH]cnc2c1sc1nc(-c3ccccc3)ccc12.c1ccc(-c2ccc3c(n2)sc2c(N4CCNCC4)ncnc23)cc1. The molecule has 3 amide bonds. The number of rotatable bonds is 14. The molecule has 0 aliphatic carbocycles. The maximum atomic E-state index is 12.4. The molecule has 3 fully saturated rings. The number of primary amides is 1. The molecule has 3 aliphatic heterocycles. The van der Waals surface area contributed by atoms with Crippen molar-refractivity contribution in [2.24, 2.45) is 5.73 Å². The highest BCUT2D eigenvalue weighted by Gasteiger charge is 2.30. The van der Waals surface area contributed by atoms with Crippen LogP contribution in [-0.2, 0) is 28.2 Å². The maximum absolute atomic E-state index is 12.4. The van der Waals surface area contributed by atoms with Crippen molar-refractivity contribution in [3.63, 3.8) is 0 Å². The van der Waals surface area contributed by atoms with Crippen molar-refractivity contribution in [2.45, 2.75) is 99.3 Å². The molecular formula is C104H105Cl4N20O10PS5. The first-order chi connectivity index (χ1) is 69.4. The van der Waals surface area contributed by atoms with Crippen LogP contribution in [0.4, 0.5) is 26.9 Å². The zero-order valence-electron chi connectivity index (χ0n) is 80.3. The Bertz CT molecular complexity index is 7700. The number of aromatic amines is 1. The molecule has 17 heterocycles. The third kappa shape index (κ3) is 27.7. The number of hydrogen-bond donors (Lipinski definition) is 4. The van der Waals surface area contributed by atoms with Crippen molar-refractivity contribution >= 4 is 235 Å². The van der Waals surface area contributed by atoms with E-state index < -0.39 is 23.2 Å². The van der Waals surface area contributed by atoms with Crippen molar-refractivity contribution in [1.82, 2.24) is 79.9 Å². The van der Waals surface area contributed by atoms with Crippen LogP contribution in [-0.4, -0.2) is 196 Å². The number of carbonyl (C=O) groups excluding carboxylic acids is 3. The molecule has 0 unspecified atom stereocenters. The third-order valence-electron chi connectivity index (χ3n) is 22.1. The monoisotopic (exact) mass is 2120 g/mol. The number of pyridine rings is 5. The van der Waals surface area contributed by atoms with Crippen LogP contribution in [0.2, 0.25) is 5.15 Å². The Morgan fingerprint density at radius 2 is 0.729 bits per heavy atom. The molecule has 6 N–H and O–H groups in total. The van der Waals surface area contributed by atoms with Gasteiger partial charge in [0.2, 0.25) is 0 Å². The number of nitrogens with two attached hydrogens (primary N) is 2. The lowest BCUT2D eigenvalue weighted by molar-refractivity contribution is -0.282. The lowest BCUT2D eigenvalue weighted by Gasteiger charge is -2.36. The molecule has 0 atom stereocenters. The van der Waals surface area contributed by atoms with Crippen molar-refractivity contribution in [2.75, 3.05) is 101 Å². The molecule has 144 heavy (non-hydrogen) atoms. The van der Waals surface area contributed by atoms with Gasteiger partial charge in [0.25, 0.3) is 17.9 Å². The first-order valence-electron chi connectivity index (χ1n) is 46.5. The number of anilines is 3. The summed E-state index contributed by atoms with van der Waals surface area (Å²) in [6, 6.07) is 70.6. The summed E-state index contributed by atoms with van der Waals surface area (Å²) in [5, 5.41) is 5.53. The van der Waals surface area contributed by atoms with Gasteiger partial charge in [-0.3, -0.25) is 14.2 Å². The van der Waals surface area contributed by atoms with Crippen molar-refractivity contribution in [3.8, 4) is 56.3 Å². The second-order valence-electron chi connectivity index (χ2n) is 34.5. The second-order valence-corrected chi connectivity index (χ2v) is 46.5. The van der Waals surface area contributed by atoms with Crippen LogP contribution >= 0.6 is 107 Å². The largest absolute Gasteiger partial charge is 0.444 e. The highest BCUT2D eigenvalue weighted by molar-refractivity contribution is 8.24. The normalized spacial score (nSPS) is 13.3. The van der Waals surface area contributed by atoms with Gasteiger partial charge in [0.1, 0.15) is 80.7 Å². The fourth-order valence-corrected chi connectivity index (χ4v) is 21.0. The third-order valence-corrected chi connectivity index (χ3v) is 28.0. The summed E-state index contributed by atoms with van der Waals surface area (Å²) in [5.41, 5.74) is 24.2. The van der Waals surface area contributed by atoms with Crippen molar-refractivity contribution < 1.29 is 42.6 Å². The minimum absolute atomic E-state index is 0.112. The predicted octanol–water partition coefficient (Wildman–Crippen LogP) is 25.3. The van der Waals surface area contributed by atoms with E-state index in [2.05, 4.69) is 141 Å². The van der Waals surface area contributed by atoms with Gasteiger partial charge < -0.3 is 65.1 Å². The zero-order valence-corrected chi connectivity index (χ0v) is 88.3. The van der Waals surface area contributed by atoms with Gasteiger partial charge in [0.05, 0.1) is 76.7 Å². The Hall–Kier alpha value is -12.6. The number of fused-ring (bicyclic) bond motifs is 13. The maximum Gasteiger partial charge on any atom is 0.410 e. The van der Waals surface area contributed by atoms with Gasteiger partial charge in [-0.25, -0.2) is 69.4 Å². The summed E-state index contributed by atoms with van der Waals surface area (Å²) < 4.78 is 39.2. The standard InChI is InChI=1S/C24H25N5O2S.C19H17N5S.C15H8ClN3S.C15H9N3OS.C14H11N3OS.C10H19NO2.C7H16O3.Cl3OP/c1-24(2,3)31-23(30)29-13-11-28(12-14-29)21-20-19(25-15-26-21)17-9-10-18(27-22(17)32-20)16-7-5-4-6-8-16;1-2-4-13(5-3-1)15-7-6-14-16-17(25-19(14)23-15)18(22-12-21-16)24-10-8-20-9-11-24;16-14-13-12(17-8-18-14)10-6-7-11(19-15(10)20-13)9-4-2-1-3-5-9;19-14-13-12(16-8-17-14)10-6-7-11(18-15(10)20-13)9-4-2-1-3-5-9;15-11-9-6-7-10(8-4-2-1-3-5-8)17-14(9)19-12(11)13(16)18;1-10(2,3)13-9(12)11-7-5-4-6-8-11;1-4-8-7(9-5-2)10-6-3;1-5(2,3)4/h4-10,15H,11-14H2,1-3H3;1-7,12,20H,8-11H2;1-8H;1-8H,(H,16,17,19);1-7H,15H2,(H2,16,18);4-8H2,1-3H3;7H,4-6H2,1-3H3;. The Kier molecular flexibility index (Phi) is 36.2. The Morgan fingerprint density at radius 3 is 1.09 bits per heavy atom. The van der Waals surface area contributed by atoms with E-state index in [4.69, 9.17) is 61.7 Å². The second kappa shape index (κ2) is 49.4. The number of likely N-dealkylation sites (tertiary alicyclic amines) is 1. The topological polar surface area (TPSA) is 379 Å². The zero-order chi connectivity index (χ0) is 102. The van der Waals surface area contributed by atoms with E-state index >= 15 is 0 Å². The number of thiophene rings is 5. The summed E-state index contributed by atoms with van der Waals surface area (Å²) >= 11 is 27.4. The number of nitrogens with one attached hydrogen (secondary N) is 2. The first-order valence-corrected chi connectivity index (χ1v) is 55.3. The minimum Gasteiger partial charge on any atom is -0.444 e. The van der Waals surface area contributed by atoms with Gasteiger partial charge >= 0.3 is 17.4 Å². The molecule has 0 saturated carbocycles. The van der Waals surface area contributed by atoms with E-state index in [-0.39, 0.29) is 23.3 Å². The number of carbonyl (C=O) groups is 3. The Morgan fingerprint density at radius 1 is 0.410 bits per heavy atom. The number of amides is 3. The number of nitrogens with zero attached hydrogens (tertiary/aromatic N) is 16. The van der Waals surface area contributed by atoms with Gasteiger partial charge in [0.15, 0.2) is 0 Å². The summed E-state index contributed by atoms with van der Waals surface area (Å²) in [5.74, 6) is 1.43. The molecule has 30 nitrogen and oxygen atoms in total. The van der Waals surface area contributed by atoms with Crippen molar-refractivity contribution in [1.29, 1.82) is 0 Å². The molecule has 744 valence electrons. The van der Waals surface area contributed by atoms with Gasteiger partial charge in [-0.1, -0.05) is 163 Å². The fraction of sp³-hybridized carbons (Fsp3) is 0.269. The number of piperidine rings is 1. The van der Waals surface area contributed by atoms with Gasteiger partial charge in [-0.15, -0.1) is 56.7 Å². The Balaban J connectivity index is 0.000000128. The van der Waals surface area contributed by atoms with E-state index in [1.54, 1.807) is 45.1 Å². The minimum atomic E-state index is -3.22. The van der Waals surface area contributed by atoms with E-state index in [1.807, 2.05) is 232 Å². The highest BCUT2D eigenvalue weighted by atomic mass is 36.0. The summed E-state index contributed by atoms with van der Waals surface area (Å²) in [4.78, 5) is 117. The fourth-order valence-electron chi connectivity index (χ4n) is 15.5. The molecule has 14 aromatic heterocycles. The number of benzene rings is 5. The smallest absolute Gasteiger partial charge is 0.410 e. The number of aromatic nitrogens is 13. The highest BCUT2D eigenvalue weighted by Crippen LogP contribution is 2.61. The predicted molar refractivity (Wildman–Crippen MR) is 589 cm³/mol. The molecule has 40 heteroatoms. The van der Waals surface area contributed by atoms with Crippen molar-refractivity contribution in [3.05, 3.63) is 258 Å². The van der Waals surface area contributed by atoms with Gasteiger partial charge in [-0.2, -0.15) is 0 Å². The molecular weight excluding hydrogens is 2020 g/mol. The molecule has 3 saturated heterocycles. The van der Waals surface area contributed by atoms with Crippen LogP contribution in [0.5, 0.6) is 0 Å². The van der Waals surface area contributed by atoms with E-state index in [0.717, 1.165) is 207 Å². The average molecular weight is 2130 g/mol. The van der Waals surface area contributed by atoms with Gasteiger partial charge in [-0.05, 0) is 176 Å². The van der Waals surface area contributed by atoms with Crippen LogP contribution in [0.15, 0.2) is 242 Å². The number of piperazine rings is 2. The lowest BCUT2D eigenvalue weighted by atomic mass is 10.1. The summed E-state index contributed by atoms with van der Waals surface area (Å²) in [6.45, 7) is 26.7. The number of hydrogen-bond acceptors (Lipinski definition) is 31. The van der Waals surface area contributed by atoms with Crippen LogP contribution < -0.4 is 32.1 Å². The number of ether oxygens (including phenoxy) is 5. The van der Waals surface area contributed by atoms with Gasteiger partial charge in [0, 0.05) is 140 Å². The molecule has 0 radical (unpaired) electrons. The number of H-pyrrole nitrogens is 1. The number of nitrogen functional groups attached to an aromatic ring is 1. The van der Waals surface area contributed by atoms with E-state index in [0.29, 0.717) is 66.4 Å². The molecule has 3 aliphatic rings. The molecule has 0 spiro atoms. The lowest BCUT2D eigenvalue weighted by Crippen LogP contribution is -2.50. The van der Waals surface area contributed by atoms with Crippen LogP contribution in [0, 0.1) is 0 Å². The quantitative estimate of drug-likeness (QED) is 0.0446. The van der Waals surface area contributed by atoms with Crippen LogP contribution in [0.1, 0.15) is 91.2 Å².